The van der Waals surface area contributed by atoms with E-state index >= 15 is 0 Å². The molecule has 3 nitrogen and oxygen atoms in total. The minimum Gasteiger partial charge on any atom is -0.375 e. The predicted octanol–water partition coefficient (Wildman–Crippen LogP) is 4.93. The third-order valence-corrected chi connectivity index (χ3v) is 4.95. The normalized spacial score (nSPS) is 14.9. The summed E-state index contributed by atoms with van der Waals surface area (Å²) in [6.07, 6.45) is 4.62. The molecule has 0 atom stereocenters. The minimum atomic E-state index is -1.54. The number of benzene rings is 1. The van der Waals surface area contributed by atoms with Gasteiger partial charge in [-0.2, -0.15) is 0 Å². The first kappa shape index (κ1) is 17.6. The molecule has 3 rings (SSSR count). The Labute approximate surface area is 144 Å². The number of hydrogen-bond acceptors (Lipinski definition) is 2. The van der Waals surface area contributed by atoms with Crippen molar-refractivity contribution in [1.82, 2.24) is 4.57 Å². The van der Waals surface area contributed by atoms with Gasteiger partial charge in [-0.25, -0.2) is 13.2 Å². The molecule has 1 aromatic heterocycles. The van der Waals surface area contributed by atoms with E-state index in [-0.39, 0.29) is 18.0 Å². The highest BCUT2D eigenvalue weighted by atomic mass is 19.2. The number of Topliss-reactive ketones (excluding diaryl/α,β-unsaturated/α-hetero) is 1. The van der Waals surface area contributed by atoms with Crippen LogP contribution in [0.4, 0.5) is 18.9 Å². The maximum absolute atomic E-state index is 13.7. The molecule has 1 aliphatic rings. The predicted molar refractivity (Wildman–Crippen MR) is 90.5 cm³/mol. The maximum Gasteiger partial charge on any atom is 0.196 e. The third-order valence-electron chi connectivity index (χ3n) is 4.95. The van der Waals surface area contributed by atoms with Crippen molar-refractivity contribution in [3.8, 4) is 0 Å². The van der Waals surface area contributed by atoms with E-state index in [1.54, 1.807) is 0 Å². The van der Waals surface area contributed by atoms with Crippen LogP contribution in [0.2, 0.25) is 0 Å². The molecule has 1 heterocycles. The monoisotopic (exact) mass is 350 g/mol. The van der Waals surface area contributed by atoms with Gasteiger partial charge in [-0.05, 0) is 44.9 Å². The minimum absolute atomic E-state index is 0.184. The molecule has 1 fully saturated rings. The van der Waals surface area contributed by atoms with Crippen LogP contribution < -0.4 is 5.32 Å². The average Bonchev–Trinajstić information content (AvgIpc) is 3.19. The molecular weight excluding hydrogens is 329 g/mol. The molecule has 0 spiro atoms. The van der Waals surface area contributed by atoms with E-state index in [1.807, 2.05) is 19.9 Å². The molecule has 134 valence electrons. The van der Waals surface area contributed by atoms with Gasteiger partial charge < -0.3 is 9.88 Å². The topological polar surface area (TPSA) is 34.0 Å². The SMILES string of the molecule is Cc1cc(C(=O)CNc2ccc(F)c(F)c2F)c(C)n1C1CCCC1. The number of nitrogens with zero attached hydrogens (tertiary/aromatic N) is 1. The average molecular weight is 350 g/mol. The summed E-state index contributed by atoms with van der Waals surface area (Å²) in [5, 5.41) is 2.56. The fraction of sp³-hybridized carbons (Fsp3) is 0.421. The Kier molecular flexibility index (Phi) is 4.88. The van der Waals surface area contributed by atoms with Crippen LogP contribution in [-0.4, -0.2) is 16.9 Å². The second kappa shape index (κ2) is 6.94. The van der Waals surface area contributed by atoms with Crippen LogP contribution in [0.15, 0.2) is 18.2 Å². The summed E-state index contributed by atoms with van der Waals surface area (Å²) < 4.78 is 42.1. The van der Waals surface area contributed by atoms with E-state index in [1.165, 1.54) is 12.8 Å². The lowest BCUT2D eigenvalue weighted by molar-refractivity contribution is 0.100. The summed E-state index contributed by atoms with van der Waals surface area (Å²) in [5.74, 6) is -4.32. The molecule has 1 saturated carbocycles. The summed E-state index contributed by atoms with van der Waals surface area (Å²) in [6, 6.07) is 4.19. The van der Waals surface area contributed by atoms with Gasteiger partial charge in [0.2, 0.25) is 0 Å². The standard InChI is InChI=1S/C19H21F3N2O/c1-11-9-14(12(2)24(11)13-5-3-4-6-13)17(25)10-23-16-8-7-15(20)18(21)19(16)22/h7-9,13,23H,3-6,10H2,1-2H3. The number of rotatable bonds is 5. The van der Waals surface area contributed by atoms with Crippen molar-refractivity contribution >= 4 is 11.5 Å². The number of carbonyl (C=O) groups excluding carboxylic acids is 1. The van der Waals surface area contributed by atoms with Crippen molar-refractivity contribution in [2.75, 3.05) is 11.9 Å². The van der Waals surface area contributed by atoms with Crippen LogP contribution >= 0.6 is 0 Å². The number of halogens is 3. The number of carbonyl (C=O) groups is 1. The molecule has 2 aromatic rings. The zero-order valence-corrected chi connectivity index (χ0v) is 14.3. The lowest BCUT2D eigenvalue weighted by atomic mass is 10.1. The second-order valence-corrected chi connectivity index (χ2v) is 6.59. The molecule has 25 heavy (non-hydrogen) atoms. The van der Waals surface area contributed by atoms with Crippen LogP contribution in [0.5, 0.6) is 0 Å². The zero-order valence-electron chi connectivity index (χ0n) is 14.3. The van der Waals surface area contributed by atoms with E-state index in [0.29, 0.717) is 11.6 Å². The lowest BCUT2D eigenvalue weighted by Gasteiger charge is -2.17. The first-order valence-corrected chi connectivity index (χ1v) is 8.49. The number of anilines is 1. The number of aromatic nitrogens is 1. The van der Waals surface area contributed by atoms with Gasteiger partial charge in [0.15, 0.2) is 23.2 Å². The number of aryl methyl sites for hydroxylation is 1. The van der Waals surface area contributed by atoms with E-state index in [0.717, 1.165) is 36.4 Å². The Balaban J connectivity index is 1.76. The largest absolute Gasteiger partial charge is 0.375 e. The van der Waals surface area contributed by atoms with Crippen molar-refractivity contribution in [2.45, 2.75) is 45.6 Å². The first-order valence-electron chi connectivity index (χ1n) is 8.49. The van der Waals surface area contributed by atoms with Crippen molar-refractivity contribution in [3.63, 3.8) is 0 Å². The van der Waals surface area contributed by atoms with Crippen LogP contribution in [0.25, 0.3) is 0 Å². The zero-order chi connectivity index (χ0) is 18.1. The van der Waals surface area contributed by atoms with Gasteiger partial charge in [0.1, 0.15) is 0 Å². The fourth-order valence-corrected chi connectivity index (χ4v) is 3.72. The van der Waals surface area contributed by atoms with Gasteiger partial charge in [-0.1, -0.05) is 12.8 Å². The van der Waals surface area contributed by atoms with Crippen LogP contribution in [0.3, 0.4) is 0 Å². The van der Waals surface area contributed by atoms with E-state index < -0.39 is 17.5 Å². The quantitative estimate of drug-likeness (QED) is 0.613. The molecule has 1 aromatic carbocycles. The van der Waals surface area contributed by atoms with Crippen molar-refractivity contribution < 1.29 is 18.0 Å². The maximum atomic E-state index is 13.7. The molecule has 0 amide bonds. The van der Waals surface area contributed by atoms with Gasteiger partial charge in [-0.3, -0.25) is 4.79 Å². The van der Waals surface area contributed by atoms with Gasteiger partial charge in [0.05, 0.1) is 12.2 Å². The van der Waals surface area contributed by atoms with Crippen LogP contribution in [0, 0.1) is 31.3 Å². The molecule has 0 bridgehead atoms. The molecule has 0 aliphatic heterocycles. The summed E-state index contributed by atoms with van der Waals surface area (Å²) >= 11 is 0. The second-order valence-electron chi connectivity index (χ2n) is 6.59. The van der Waals surface area contributed by atoms with E-state index in [2.05, 4.69) is 9.88 Å². The summed E-state index contributed by atoms with van der Waals surface area (Å²) in [7, 11) is 0. The van der Waals surface area contributed by atoms with Crippen LogP contribution in [0.1, 0.15) is 53.5 Å². The Morgan fingerprint density at radius 2 is 1.84 bits per heavy atom. The number of hydrogen-bond donors (Lipinski definition) is 1. The molecule has 6 heteroatoms. The van der Waals surface area contributed by atoms with Gasteiger partial charge in [0.25, 0.3) is 0 Å². The fourth-order valence-electron chi connectivity index (χ4n) is 3.72. The van der Waals surface area contributed by atoms with E-state index in [4.69, 9.17) is 0 Å². The Bertz CT molecular complexity index is 807. The van der Waals surface area contributed by atoms with E-state index in [9.17, 15) is 18.0 Å². The number of nitrogens with one attached hydrogen (secondary N) is 1. The summed E-state index contributed by atoms with van der Waals surface area (Å²) in [4.78, 5) is 12.5. The smallest absolute Gasteiger partial charge is 0.196 e. The number of ketones is 1. The summed E-state index contributed by atoms with van der Waals surface area (Å²) in [5.41, 5.74) is 2.30. The van der Waals surface area contributed by atoms with Gasteiger partial charge >= 0.3 is 0 Å². The molecule has 1 N–H and O–H groups in total. The molecule has 0 saturated heterocycles. The van der Waals surface area contributed by atoms with Crippen molar-refractivity contribution in [3.05, 3.63) is 52.6 Å². The van der Waals surface area contributed by atoms with Crippen molar-refractivity contribution in [1.29, 1.82) is 0 Å². The Morgan fingerprint density at radius 3 is 2.52 bits per heavy atom. The first-order chi connectivity index (χ1) is 11.9. The third kappa shape index (κ3) is 3.30. The molecule has 0 radical (unpaired) electrons. The summed E-state index contributed by atoms with van der Waals surface area (Å²) in [6.45, 7) is 3.71. The highest BCUT2D eigenvalue weighted by molar-refractivity contribution is 6.00. The Hall–Kier alpha value is -2.24. The molecular formula is C19H21F3N2O. The van der Waals surface area contributed by atoms with Crippen molar-refractivity contribution in [2.24, 2.45) is 0 Å². The van der Waals surface area contributed by atoms with Crippen LogP contribution in [-0.2, 0) is 0 Å². The molecule has 0 unspecified atom stereocenters. The highest BCUT2D eigenvalue weighted by Gasteiger charge is 2.23. The van der Waals surface area contributed by atoms with Gasteiger partial charge in [0, 0.05) is 23.0 Å². The highest BCUT2D eigenvalue weighted by Crippen LogP contribution is 2.33. The molecule has 1 aliphatic carbocycles. The van der Waals surface area contributed by atoms with Gasteiger partial charge in [-0.15, -0.1) is 0 Å². The Morgan fingerprint density at radius 1 is 1.16 bits per heavy atom. The lowest BCUT2D eigenvalue weighted by Crippen LogP contribution is -2.16.